The highest BCUT2D eigenvalue weighted by Crippen LogP contribution is 2.25. The molecule has 0 amide bonds. The van der Waals surface area contributed by atoms with Crippen LogP contribution < -0.4 is 0 Å². The van der Waals surface area contributed by atoms with Crippen molar-refractivity contribution < 1.29 is 0 Å². The summed E-state index contributed by atoms with van der Waals surface area (Å²) in [6.07, 6.45) is 1.79. The van der Waals surface area contributed by atoms with E-state index >= 15 is 0 Å². The number of hydrogen-bond acceptors (Lipinski definition) is 1. The fourth-order valence-corrected chi connectivity index (χ4v) is 1.28. The van der Waals surface area contributed by atoms with Crippen LogP contribution in [0.2, 0.25) is 0 Å². The largest absolute Gasteiger partial charge is 0.686 e. The lowest BCUT2D eigenvalue weighted by molar-refractivity contribution is 1.41. The summed E-state index contributed by atoms with van der Waals surface area (Å²) >= 11 is 0. The monoisotopic (exact) mass is 157 g/mol. The highest BCUT2D eigenvalue weighted by molar-refractivity contribution is 5.92. The van der Waals surface area contributed by atoms with Crippen molar-refractivity contribution in [2.75, 3.05) is 7.05 Å². The summed E-state index contributed by atoms with van der Waals surface area (Å²) in [4.78, 5) is 4.23. The molecule has 0 aliphatic rings. The molecule has 0 aliphatic carbocycles. The Balaban J connectivity index is 2.79. The summed E-state index contributed by atoms with van der Waals surface area (Å²) in [5.74, 6) is 0. The van der Waals surface area contributed by atoms with E-state index in [0.29, 0.717) is 0 Å². The summed E-state index contributed by atoms with van der Waals surface area (Å²) in [5.41, 5.74) is 2.00. The molecule has 0 saturated carbocycles. The first-order valence-corrected chi connectivity index (χ1v) is 3.85. The second-order valence-corrected chi connectivity index (χ2v) is 2.57. The maximum Gasteiger partial charge on any atom is 0.0689 e. The summed E-state index contributed by atoms with van der Waals surface area (Å²) < 4.78 is 0. The number of benzene rings is 1. The predicted octanol–water partition coefficient (Wildman–Crippen LogP) is 2.87. The summed E-state index contributed by atoms with van der Waals surface area (Å²) in [6, 6.07) is 9.91. The van der Waals surface area contributed by atoms with Crippen LogP contribution in [0, 0.1) is 0 Å². The van der Waals surface area contributed by atoms with Crippen molar-refractivity contribution in [3.63, 3.8) is 0 Å². The maximum atomic E-state index is 4.23. The first-order valence-electron chi connectivity index (χ1n) is 3.85. The van der Waals surface area contributed by atoms with E-state index in [9.17, 15) is 0 Å². The second kappa shape index (κ2) is 2.81. The van der Waals surface area contributed by atoms with Crippen LogP contribution >= 0.6 is 0 Å². The normalized spacial score (nSPS) is 10.1. The lowest BCUT2D eigenvalue weighted by Gasteiger charge is -2.15. The maximum absolute atomic E-state index is 4.23. The highest BCUT2D eigenvalue weighted by atomic mass is 14.8. The predicted molar refractivity (Wildman–Crippen MR) is 50.7 cm³/mol. The van der Waals surface area contributed by atoms with Gasteiger partial charge in [-0.15, -0.1) is 12.7 Å². The zero-order chi connectivity index (χ0) is 8.39. The Morgan fingerprint density at radius 1 is 1.17 bits per heavy atom. The molecule has 2 nitrogen and oxygen atoms in total. The molecule has 0 bridgehead atoms. The van der Waals surface area contributed by atoms with E-state index in [1.54, 1.807) is 13.2 Å². The van der Waals surface area contributed by atoms with E-state index in [1.807, 2.05) is 30.3 Å². The van der Waals surface area contributed by atoms with Crippen LogP contribution in [0.25, 0.3) is 16.2 Å². The summed E-state index contributed by atoms with van der Waals surface area (Å²) in [6.45, 7) is 0. The van der Waals surface area contributed by atoms with Gasteiger partial charge in [-0.3, -0.25) is 4.98 Å². The molecule has 0 aliphatic heterocycles. The molecular formula is C10H9N2-. The smallest absolute Gasteiger partial charge is 0.0689 e. The zero-order valence-electron chi connectivity index (χ0n) is 6.86. The molecule has 0 N–H and O–H groups in total. The Labute approximate surface area is 71.2 Å². The molecule has 2 heteroatoms. The van der Waals surface area contributed by atoms with Crippen LogP contribution in [-0.2, 0) is 0 Å². The number of rotatable bonds is 1. The highest BCUT2D eigenvalue weighted by Gasteiger charge is 1.90. The average molecular weight is 157 g/mol. The molecule has 0 unspecified atom stereocenters. The van der Waals surface area contributed by atoms with E-state index in [1.165, 1.54) is 0 Å². The van der Waals surface area contributed by atoms with Crippen molar-refractivity contribution >= 4 is 16.6 Å². The molecule has 1 aromatic carbocycles. The molecule has 0 saturated heterocycles. The van der Waals surface area contributed by atoms with E-state index in [0.717, 1.165) is 16.6 Å². The molecule has 0 atom stereocenters. The Morgan fingerprint density at radius 3 is 2.92 bits per heavy atom. The molecular weight excluding hydrogens is 148 g/mol. The number of pyridine rings is 1. The van der Waals surface area contributed by atoms with Crippen LogP contribution in [0.1, 0.15) is 0 Å². The fourth-order valence-electron chi connectivity index (χ4n) is 1.28. The molecule has 0 spiro atoms. The van der Waals surface area contributed by atoms with Gasteiger partial charge in [-0.05, 0) is 17.5 Å². The molecule has 2 aromatic rings. The minimum atomic E-state index is 1.00. The van der Waals surface area contributed by atoms with Crippen LogP contribution in [-0.4, -0.2) is 12.0 Å². The minimum Gasteiger partial charge on any atom is -0.686 e. The third kappa shape index (κ3) is 1.01. The Hall–Kier alpha value is -1.57. The van der Waals surface area contributed by atoms with Gasteiger partial charge in [-0.25, -0.2) is 0 Å². The summed E-state index contributed by atoms with van der Waals surface area (Å²) in [7, 11) is 1.79. The van der Waals surface area contributed by atoms with E-state index < -0.39 is 0 Å². The van der Waals surface area contributed by atoms with Gasteiger partial charge < -0.3 is 5.32 Å². The van der Waals surface area contributed by atoms with Crippen molar-refractivity contribution in [1.82, 2.24) is 4.98 Å². The van der Waals surface area contributed by atoms with Gasteiger partial charge >= 0.3 is 0 Å². The molecule has 1 heterocycles. The van der Waals surface area contributed by atoms with Gasteiger partial charge in [-0.1, -0.05) is 18.2 Å². The second-order valence-electron chi connectivity index (χ2n) is 2.57. The first-order chi connectivity index (χ1) is 5.92. The molecule has 60 valence electrons. The lowest BCUT2D eigenvalue weighted by atomic mass is 10.2. The third-order valence-electron chi connectivity index (χ3n) is 1.86. The van der Waals surface area contributed by atoms with Gasteiger partial charge in [0, 0.05) is 6.20 Å². The number of aromatic nitrogens is 1. The third-order valence-corrected chi connectivity index (χ3v) is 1.86. The van der Waals surface area contributed by atoms with Gasteiger partial charge in [0.05, 0.1) is 5.52 Å². The van der Waals surface area contributed by atoms with Crippen molar-refractivity contribution in [1.29, 1.82) is 0 Å². The number of fused-ring (bicyclic) bond motifs is 1. The minimum absolute atomic E-state index is 1.00. The quantitative estimate of drug-likeness (QED) is 0.625. The number of nitrogens with zero attached hydrogens (tertiary/aromatic N) is 2. The molecule has 0 radical (unpaired) electrons. The molecule has 1 aromatic heterocycles. The molecule has 2 rings (SSSR count). The van der Waals surface area contributed by atoms with Crippen LogP contribution in [0.3, 0.4) is 0 Å². The van der Waals surface area contributed by atoms with Gasteiger partial charge in [0.15, 0.2) is 0 Å². The van der Waals surface area contributed by atoms with Crippen molar-refractivity contribution in [2.45, 2.75) is 0 Å². The van der Waals surface area contributed by atoms with Crippen LogP contribution in [0.4, 0.5) is 5.69 Å². The van der Waals surface area contributed by atoms with E-state index in [4.69, 9.17) is 0 Å². The van der Waals surface area contributed by atoms with Gasteiger partial charge in [0.2, 0.25) is 0 Å². The first kappa shape index (κ1) is 7.10. The topological polar surface area (TPSA) is 27.0 Å². The van der Waals surface area contributed by atoms with Crippen LogP contribution in [0.15, 0.2) is 36.5 Å². The lowest BCUT2D eigenvalue weighted by Crippen LogP contribution is -1.77. The Bertz CT molecular complexity index is 390. The van der Waals surface area contributed by atoms with Gasteiger partial charge in [0.1, 0.15) is 0 Å². The van der Waals surface area contributed by atoms with Crippen molar-refractivity contribution in [3.05, 3.63) is 41.8 Å². The van der Waals surface area contributed by atoms with Crippen molar-refractivity contribution in [3.8, 4) is 0 Å². The fraction of sp³-hybridized carbons (Fsp3) is 0.100. The molecule has 12 heavy (non-hydrogen) atoms. The van der Waals surface area contributed by atoms with Gasteiger partial charge in [0.25, 0.3) is 0 Å². The van der Waals surface area contributed by atoms with Crippen LogP contribution in [0.5, 0.6) is 0 Å². The Morgan fingerprint density at radius 2 is 2.08 bits per heavy atom. The van der Waals surface area contributed by atoms with E-state index in [-0.39, 0.29) is 0 Å². The van der Waals surface area contributed by atoms with Crippen molar-refractivity contribution in [2.24, 2.45) is 0 Å². The standard InChI is InChI=1S/C10H9N2/c1-11-9-5-2-6-10-8(9)4-3-7-12-10/h2-7H,1H3/q-1. The molecule has 0 fully saturated rings. The summed E-state index contributed by atoms with van der Waals surface area (Å²) in [5, 5.41) is 5.27. The number of hydrogen-bond donors (Lipinski definition) is 0. The van der Waals surface area contributed by atoms with Gasteiger partial charge in [-0.2, -0.15) is 0 Å². The average Bonchev–Trinajstić information content (AvgIpc) is 2.17. The Kier molecular flexibility index (Phi) is 1.67. The van der Waals surface area contributed by atoms with E-state index in [2.05, 4.69) is 10.3 Å². The SMILES string of the molecule is C[N-]c1cccc2ncccc12. The zero-order valence-corrected chi connectivity index (χ0v) is 6.86.